The lowest BCUT2D eigenvalue weighted by Crippen LogP contribution is -2.44. The molecule has 0 spiro atoms. The zero-order chi connectivity index (χ0) is 19.1. The number of nitrogens with zero attached hydrogens (tertiary/aromatic N) is 1. The molecule has 2 aromatic rings. The van der Waals surface area contributed by atoms with E-state index in [0.29, 0.717) is 26.0 Å². The van der Waals surface area contributed by atoms with Gasteiger partial charge in [0.2, 0.25) is 0 Å². The number of para-hydroxylation sites is 1. The second-order valence-electron chi connectivity index (χ2n) is 6.78. The summed E-state index contributed by atoms with van der Waals surface area (Å²) in [6, 6.07) is 18.8. The highest BCUT2D eigenvalue weighted by molar-refractivity contribution is 6.07. The molecule has 1 aliphatic rings. The Balaban J connectivity index is 1.66. The molecule has 1 unspecified atom stereocenters. The normalized spacial score (nSPS) is 19.2. The molecule has 1 aliphatic heterocycles. The predicted octanol–water partition coefficient (Wildman–Crippen LogP) is 4.09. The quantitative estimate of drug-likeness (QED) is 0.537. The fraction of sp³-hybridized carbons (Fsp3) is 0.364. The molecule has 1 N–H and O–H groups in total. The lowest BCUT2D eigenvalue weighted by Gasteiger charge is -2.27. The molecule has 1 heterocycles. The SMILES string of the molecule is CCCCC1(c2ccccc2)NC(=O)N(CCCOc2ccccc2)C1=O. The molecule has 0 radical (unpaired) electrons. The average Bonchev–Trinajstić information content (AvgIpc) is 2.96. The second kappa shape index (κ2) is 8.71. The largest absolute Gasteiger partial charge is 0.494 e. The first-order valence-electron chi connectivity index (χ1n) is 9.55. The van der Waals surface area contributed by atoms with Gasteiger partial charge in [0.05, 0.1) is 6.61 Å². The smallest absolute Gasteiger partial charge is 0.325 e. The molecule has 1 fully saturated rings. The van der Waals surface area contributed by atoms with Gasteiger partial charge in [-0.2, -0.15) is 0 Å². The molecule has 142 valence electrons. The fourth-order valence-electron chi connectivity index (χ4n) is 3.43. The van der Waals surface area contributed by atoms with Gasteiger partial charge < -0.3 is 10.1 Å². The lowest BCUT2D eigenvalue weighted by molar-refractivity contribution is -0.132. The van der Waals surface area contributed by atoms with E-state index in [-0.39, 0.29) is 11.9 Å². The number of imide groups is 1. The Morgan fingerprint density at radius 3 is 2.30 bits per heavy atom. The monoisotopic (exact) mass is 366 g/mol. The maximum absolute atomic E-state index is 13.2. The first-order chi connectivity index (χ1) is 13.2. The van der Waals surface area contributed by atoms with Gasteiger partial charge >= 0.3 is 6.03 Å². The van der Waals surface area contributed by atoms with Crippen LogP contribution in [0.4, 0.5) is 4.79 Å². The van der Waals surface area contributed by atoms with Gasteiger partial charge in [-0.05, 0) is 30.5 Å². The summed E-state index contributed by atoms with van der Waals surface area (Å²) >= 11 is 0. The molecule has 0 aliphatic carbocycles. The van der Waals surface area contributed by atoms with Gasteiger partial charge in [-0.3, -0.25) is 9.69 Å². The van der Waals surface area contributed by atoms with E-state index in [1.807, 2.05) is 60.7 Å². The van der Waals surface area contributed by atoms with E-state index in [4.69, 9.17) is 4.74 Å². The molecule has 5 nitrogen and oxygen atoms in total. The van der Waals surface area contributed by atoms with Gasteiger partial charge in [-0.15, -0.1) is 0 Å². The number of urea groups is 1. The van der Waals surface area contributed by atoms with Crippen LogP contribution < -0.4 is 10.1 Å². The van der Waals surface area contributed by atoms with Crippen LogP contribution in [0.2, 0.25) is 0 Å². The molecule has 0 aromatic heterocycles. The van der Waals surface area contributed by atoms with Crippen LogP contribution in [0.5, 0.6) is 5.75 Å². The molecule has 5 heteroatoms. The average molecular weight is 366 g/mol. The highest BCUT2D eigenvalue weighted by Gasteiger charge is 2.51. The minimum atomic E-state index is -0.950. The molecule has 0 saturated carbocycles. The molecule has 1 atom stereocenters. The Kier molecular flexibility index (Phi) is 6.12. The van der Waals surface area contributed by atoms with Gasteiger partial charge in [0.1, 0.15) is 11.3 Å². The molecule has 2 aromatic carbocycles. The summed E-state index contributed by atoms with van der Waals surface area (Å²) < 4.78 is 5.67. The third kappa shape index (κ3) is 4.13. The lowest BCUT2D eigenvalue weighted by atomic mass is 9.85. The standard InChI is InChI=1S/C22H26N2O3/c1-2-3-15-22(18-11-6-4-7-12-18)20(25)24(21(26)23-22)16-10-17-27-19-13-8-5-9-14-19/h4-9,11-14H,2-3,10,15-17H2,1H3,(H,23,26). The van der Waals surface area contributed by atoms with E-state index in [0.717, 1.165) is 24.2 Å². The second-order valence-corrected chi connectivity index (χ2v) is 6.78. The molecule has 3 amide bonds. The topological polar surface area (TPSA) is 58.6 Å². The minimum Gasteiger partial charge on any atom is -0.494 e. The van der Waals surface area contributed by atoms with Crippen molar-refractivity contribution in [1.82, 2.24) is 10.2 Å². The summed E-state index contributed by atoms with van der Waals surface area (Å²) in [5.74, 6) is 0.628. The van der Waals surface area contributed by atoms with Gasteiger partial charge in [-0.1, -0.05) is 68.3 Å². The number of benzene rings is 2. The highest BCUT2D eigenvalue weighted by Crippen LogP contribution is 2.34. The fourth-order valence-corrected chi connectivity index (χ4v) is 3.43. The van der Waals surface area contributed by atoms with Crippen molar-refractivity contribution in [3.63, 3.8) is 0 Å². The number of nitrogens with one attached hydrogen (secondary N) is 1. The maximum Gasteiger partial charge on any atom is 0.325 e. The number of unbranched alkanes of at least 4 members (excludes halogenated alkanes) is 1. The van der Waals surface area contributed by atoms with Crippen molar-refractivity contribution in [1.29, 1.82) is 0 Å². The molecule has 27 heavy (non-hydrogen) atoms. The number of amides is 3. The number of hydrogen-bond acceptors (Lipinski definition) is 3. The number of hydrogen-bond donors (Lipinski definition) is 1. The summed E-state index contributed by atoms with van der Waals surface area (Å²) in [6.07, 6.45) is 3.02. The summed E-state index contributed by atoms with van der Waals surface area (Å²) in [5, 5.41) is 2.97. The molecular weight excluding hydrogens is 340 g/mol. The molecule has 3 rings (SSSR count). The van der Waals surface area contributed by atoms with Crippen molar-refractivity contribution in [2.24, 2.45) is 0 Å². The van der Waals surface area contributed by atoms with Crippen molar-refractivity contribution in [2.45, 2.75) is 38.1 Å². The number of carbonyl (C=O) groups is 2. The van der Waals surface area contributed by atoms with Crippen LogP contribution in [0.1, 0.15) is 38.2 Å². The van der Waals surface area contributed by atoms with Crippen LogP contribution in [-0.2, 0) is 10.3 Å². The van der Waals surface area contributed by atoms with Crippen LogP contribution in [0.3, 0.4) is 0 Å². The zero-order valence-electron chi connectivity index (χ0n) is 15.7. The van der Waals surface area contributed by atoms with E-state index in [2.05, 4.69) is 12.2 Å². The van der Waals surface area contributed by atoms with Crippen LogP contribution in [0.15, 0.2) is 60.7 Å². The van der Waals surface area contributed by atoms with Gasteiger partial charge in [0, 0.05) is 6.54 Å². The predicted molar refractivity (Wildman–Crippen MR) is 104 cm³/mol. The van der Waals surface area contributed by atoms with Crippen molar-refractivity contribution in [3.8, 4) is 5.75 Å². The Labute approximate surface area is 160 Å². The minimum absolute atomic E-state index is 0.160. The Morgan fingerprint density at radius 1 is 0.963 bits per heavy atom. The first-order valence-corrected chi connectivity index (χ1v) is 9.55. The molecule has 0 bridgehead atoms. The summed E-state index contributed by atoms with van der Waals surface area (Å²) in [5.41, 5.74) is -0.103. The Hall–Kier alpha value is -2.82. The first kappa shape index (κ1) is 19.0. The van der Waals surface area contributed by atoms with E-state index >= 15 is 0 Å². The summed E-state index contributed by atoms with van der Waals surface area (Å²) in [4.78, 5) is 27.1. The van der Waals surface area contributed by atoms with Crippen LogP contribution in [0.25, 0.3) is 0 Å². The van der Waals surface area contributed by atoms with Crippen molar-refractivity contribution in [2.75, 3.05) is 13.2 Å². The van der Waals surface area contributed by atoms with Crippen molar-refractivity contribution < 1.29 is 14.3 Å². The van der Waals surface area contributed by atoms with Crippen LogP contribution in [-0.4, -0.2) is 30.0 Å². The van der Waals surface area contributed by atoms with E-state index in [9.17, 15) is 9.59 Å². The Morgan fingerprint density at radius 2 is 1.63 bits per heavy atom. The number of rotatable bonds is 9. The van der Waals surface area contributed by atoms with Crippen molar-refractivity contribution >= 4 is 11.9 Å². The number of carbonyl (C=O) groups excluding carboxylic acids is 2. The summed E-state index contributed by atoms with van der Waals surface area (Å²) in [7, 11) is 0. The highest BCUT2D eigenvalue weighted by atomic mass is 16.5. The molecule has 1 saturated heterocycles. The van der Waals surface area contributed by atoms with Crippen LogP contribution in [0, 0.1) is 0 Å². The maximum atomic E-state index is 13.2. The van der Waals surface area contributed by atoms with E-state index < -0.39 is 5.54 Å². The van der Waals surface area contributed by atoms with Crippen LogP contribution >= 0.6 is 0 Å². The third-order valence-corrected chi connectivity index (χ3v) is 4.89. The zero-order valence-corrected chi connectivity index (χ0v) is 15.7. The third-order valence-electron chi connectivity index (χ3n) is 4.89. The van der Waals surface area contributed by atoms with Gasteiger partial charge in [-0.25, -0.2) is 4.79 Å². The van der Waals surface area contributed by atoms with Gasteiger partial charge in [0.15, 0.2) is 0 Å². The molecular formula is C22H26N2O3. The Bertz CT molecular complexity index is 764. The van der Waals surface area contributed by atoms with E-state index in [1.54, 1.807) is 0 Å². The summed E-state index contributed by atoms with van der Waals surface area (Å²) in [6.45, 7) is 2.88. The number of ether oxygens (including phenoxy) is 1. The van der Waals surface area contributed by atoms with E-state index in [1.165, 1.54) is 4.90 Å². The van der Waals surface area contributed by atoms with Gasteiger partial charge in [0.25, 0.3) is 5.91 Å². The van der Waals surface area contributed by atoms with Crippen molar-refractivity contribution in [3.05, 3.63) is 66.2 Å².